The summed E-state index contributed by atoms with van der Waals surface area (Å²) in [5, 5.41) is 8.58. The molecule has 0 spiro atoms. The summed E-state index contributed by atoms with van der Waals surface area (Å²) in [6.45, 7) is 1.29. The summed E-state index contributed by atoms with van der Waals surface area (Å²) in [6.07, 6.45) is 0. The van der Waals surface area contributed by atoms with Crippen molar-refractivity contribution in [3.05, 3.63) is 35.4 Å². The number of hydrogen-bond donors (Lipinski definition) is 1. The molecule has 0 aliphatic heterocycles. The van der Waals surface area contributed by atoms with Gasteiger partial charge in [0.1, 0.15) is 6.04 Å². The number of ether oxygens (including phenoxy) is 1. The first-order valence-corrected chi connectivity index (χ1v) is 5.24. The minimum absolute atomic E-state index is 0.0621. The van der Waals surface area contributed by atoms with Crippen LogP contribution in [0.1, 0.15) is 24.1 Å². The molecule has 1 aromatic rings. The molecule has 0 aliphatic rings. The molecule has 0 heterocycles. The molecular formula is C12H12F2N2O2. The third-order valence-corrected chi connectivity index (χ3v) is 2.34. The highest BCUT2D eigenvalue weighted by atomic mass is 19.3. The van der Waals surface area contributed by atoms with Crippen LogP contribution >= 0.6 is 0 Å². The van der Waals surface area contributed by atoms with Crippen LogP contribution in [0.15, 0.2) is 24.3 Å². The lowest BCUT2D eigenvalue weighted by Gasteiger charge is -2.21. The van der Waals surface area contributed by atoms with Crippen LogP contribution in [-0.2, 0) is 9.53 Å². The Morgan fingerprint density at radius 3 is 2.50 bits per heavy atom. The lowest BCUT2D eigenvalue weighted by molar-refractivity contribution is -0.174. The summed E-state index contributed by atoms with van der Waals surface area (Å²) in [4.78, 5) is 11.1. The number of esters is 1. The van der Waals surface area contributed by atoms with Gasteiger partial charge in [0.2, 0.25) is 0 Å². The highest BCUT2D eigenvalue weighted by molar-refractivity contribution is 5.78. The van der Waals surface area contributed by atoms with E-state index in [0.717, 1.165) is 0 Å². The summed E-state index contributed by atoms with van der Waals surface area (Å²) >= 11 is 0. The van der Waals surface area contributed by atoms with Gasteiger partial charge in [-0.3, -0.25) is 0 Å². The van der Waals surface area contributed by atoms with Crippen LogP contribution in [0.3, 0.4) is 0 Å². The van der Waals surface area contributed by atoms with E-state index in [9.17, 15) is 13.6 Å². The Bertz CT molecular complexity index is 466. The second-order valence-corrected chi connectivity index (χ2v) is 3.55. The number of halogens is 2. The van der Waals surface area contributed by atoms with Crippen LogP contribution < -0.4 is 5.73 Å². The van der Waals surface area contributed by atoms with Crippen molar-refractivity contribution in [1.82, 2.24) is 0 Å². The summed E-state index contributed by atoms with van der Waals surface area (Å²) < 4.78 is 31.5. The Labute approximate surface area is 103 Å². The second kappa shape index (κ2) is 5.56. The lowest BCUT2D eigenvalue weighted by Crippen LogP contribution is -2.41. The normalized spacial score (nSPS) is 12.6. The molecule has 0 radical (unpaired) electrons. The van der Waals surface area contributed by atoms with Gasteiger partial charge in [0, 0.05) is 0 Å². The van der Waals surface area contributed by atoms with Crippen LogP contribution in [0.5, 0.6) is 0 Å². The average Bonchev–Trinajstić information content (AvgIpc) is 2.38. The van der Waals surface area contributed by atoms with E-state index in [-0.39, 0.29) is 12.2 Å². The molecule has 6 heteroatoms. The quantitative estimate of drug-likeness (QED) is 0.830. The first-order chi connectivity index (χ1) is 8.43. The van der Waals surface area contributed by atoms with Gasteiger partial charge in [0.05, 0.1) is 18.2 Å². The molecule has 0 amide bonds. The number of alkyl halides is 2. The van der Waals surface area contributed by atoms with Gasteiger partial charge >= 0.3 is 11.9 Å². The Morgan fingerprint density at radius 2 is 2.06 bits per heavy atom. The van der Waals surface area contributed by atoms with E-state index in [1.165, 1.54) is 31.2 Å². The van der Waals surface area contributed by atoms with Gasteiger partial charge in [-0.1, -0.05) is 12.1 Å². The molecule has 0 saturated carbocycles. The molecule has 0 unspecified atom stereocenters. The number of rotatable bonds is 4. The monoisotopic (exact) mass is 254 g/mol. The second-order valence-electron chi connectivity index (χ2n) is 3.55. The van der Waals surface area contributed by atoms with Crippen molar-refractivity contribution in [2.75, 3.05) is 6.61 Å². The molecule has 0 bridgehead atoms. The van der Waals surface area contributed by atoms with Gasteiger partial charge in [-0.15, -0.1) is 0 Å². The standard InChI is InChI=1S/C12H12F2N2O2/c1-2-18-11(17)12(13,14)10(16)9-5-3-8(7-15)4-6-9/h3-6,10H,2,16H2,1H3/t10-/m0/s1. The molecule has 2 N–H and O–H groups in total. The number of carbonyl (C=O) groups is 1. The molecule has 1 aromatic carbocycles. The maximum atomic E-state index is 13.6. The van der Waals surface area contributed by atoms with Crippen LogP contribution in [0.4, 0.5) is 8.78 Å². The number of benzene rings is 1. The number of hydrogen-bond acceptors (Lipinski definition) is 4. The number of nitrogens with zero attached hydrogens (tertiary/aromatic N) is 1. The van der Waals surface area contributed by atoms with E-state index in [2.05, 4.69) is 4.74 Å². The zero-order chi connectivity index (χ0) is 13.8. The van der Waals surface area contributed by atoms with E-state index < -0.39 is 17.9 Å². The first-order valence-electron chi connectivity index (χ1n) is 5.24. The summed E-state index contributed by atoms with van der Waals surface area (Å²) in [6, 6.07) is 5.34. The molecule has 1 rings (SSSR count). The highest BCUT2D eigenvalue weighted by Crippen LogP contribution is 2.30. The van der Waals surface area contributed by atoms with Crippen LogP contribution in [0.25, 0.3) is 0 Å². The zero-order valence-electron chi connectivity index (χ0n) is 9.69. The summed E-state index contributed by atoms with van der Waals surface area (Å²) in [5.74, 6) is -5.45. The van der Waals surface area contributed by atoms with E-state index in [1.807, 2.05) is 6.07 Å². The fourth-order valence-electron chi connectivity index (χ4n) is 1.33. The zero-order valence-corrected chi connectivity index (χ0v) is 9.69. The van der Waals surface area contributed by atoms with Crippen molar-refractivity contribution in [2.45, 2.75) is 18.9 Å². The summed E-state index contributed by atoms with van der Waals surface area (Å²) in [5.41, 5.74) is 5.75. The van der Waals surface area contributed by atoms with E-state index in [4.69, 9.17) is 11.0 Å². The third kappa shape index (κ3) is 2.81. The van der Waals surface area contributed by atoms with E-state index in [0.29, 0.717) is 5.56 Å². The number of nitriles is 1. The molecule has 0 aliphatic carbocycles. The van der Waals surface area contributed by atoms with E-state index >= 15 is 0 Å². The smallest absolute Gasteiger partial charge is 0.379 e. The van der Waals surface area contributed by atoms with Crippen molar-refractivity contribution < 1.29 is 18.3 Å². The maximum absolute atomic E-state index is 13.6. The van der Waals surface area contributed by atoms with Gasteiger partial charge in [-0.25, -0.2) is 4.79 Å². The molecule has 4 nitrogen and oxygen atoms in total. The Hall–Kier alpha value is -2.00. The van der Waals surface area contributed by atoms with Gasteiger partial charge in [0.15, 0.2) is 0 Å². The predicted molar refractivity (Wildman–Crippen MR) is 59.7 cm³/mol. The summed E-state index contributed by atoms with van der Waals surface area (Å²) in [7, 11) is 0. The first kappa shape index (κ1) is 14.1. The molecule has 0 saturated heterocycles. The molecular weight excluding hydrogens is 242 g/mol. The fraction of sp³-hybridized carbons (Fsp3) is 0.333. The van der Waals surface area contributed by atoms with Gasteiger partial charge < -0.3 is 10.5 Å². The third-order valence-electron chi connectivity index (χ3n) is 2.34. The van der Waals surface area contributed by atoms with Crippen molar-refractivity contribution in [3.63, 3.8) is 0 Å². The molecule has 18 heavy (non-hydrogen) atoms. The molecule has 1 atom stereocenters. The molecule has 0 aromatic heterocycles. The van der Waals surface area contributed by atoms with Crippen LogP contribution in [0.2, 0.25) is 0 Å². The minimum Gasteiger partial charge on any atom is -0.462 e. The van der Waals surface area contributed by atoms with E-state index in [1.54, 1.807) is 0 Å². The van der Waals surface area contributed by atoms with Crippen molar-refractivity contribution in [2.24, 2.45) is 5.73 Å². The average molecular weight is 254 g/mol. The molecule has 0 fully saturated rings. The van der Waals surface area contributed by atoms with Gasteiger partial charge in [-0.05, 0) is 24.6 Å². The Balaban J connectivity index is 2.94. The fourth-order valence-corrected chi connectivity index (χ4v) is 1.33. The largest absolute Gasteiger partial charge is 0.462 e. The Morgan fingerprint density at radius 1 is 1.50 bits per heavy atom. The van der Waals surface area contributed by atoms with Crippen molar-refractivity contribution >= 4 is 5.97 Å². The van der Waals surface area contributed by atoms with Crippen LogP contribution in [0, 0.1) is 11.3 Å². The van der Waals surface area contributed by atoms with Gasteiger partial charge in [0.25, 0.3) is 0 Å². The molecule has 96 valence electrons. The SMILES string of the molecule is CCOC(=O)C(F)(F)[C@@H](N)c1ccc(C#N)cc1. The predicted octanol–water partition coefficient (Wildman–Crippen LogP) is 1.76. The van der Waals surface area contributed by atoms with Crippen molar-refractivity contribution in [1.29, 1.82) is 5.26 Å². The van der Waals surface area contributed by atoms with Crippen LogP contribution in [-0.4, -0.2) is 18.5 Å². The topological polar surface area (TPSA) is 76.1 Å². The number of carbonyl (C=O) groups excluding carboxylic acids is 1. The van der Waals surface area contributed by atoms with Crippen molar-refractivity contribution in [3.8, 4) is 6.07 Å². The highest BCUT2D eigenvalue weighted by Gasteiger charge is 2.47. The number of nitrogens with two attached hydrogens (primary N) is 1. The van der Waals surface area contributed by atoms with Gasteiger partial charge in [-0.2, -0.15) is 14.0 Å². The Kier molecular flexibility index (Phi) is 4.34. The lowest BCUT2D eigenvalue weighted by atomic mass is 10.0. The minimum atomic E-state index is -3.80. The maximum Gasteiger partial charge on any atom is 0.379 e.